The lowest BCUT2D eigenvalue weighted by Gasteiger charge is -2.33. The molecule has 2 fully saturated rings. The molecular formula is C16H25N3O3. The molecule has 2 saturated heterocycles. The minimum atomic E-state index is 0.0220. The van der Waals surface area contributed by atoms with Gasteiger partial charge in [0.25, 0.3) is 0 Å². The van der Waals surface area contributed by atoms with Gasteiger partial charge < -0.3 is 19.5 Å². The predicted molar refractivity (Wildman–Crippen MR) is 81.5 cm³/mol. The Morgan fingerprint density at radius 3 is 2.86 bits per heavy atom. The van der Waals surface area contributed by atoms with Crippen LogP contribution >= 0.6 is 0 Å². The van der Waals surface area contributed by atoms with E-state index in [9.17, 15) is 4.79 Å². The molecule has 3 heterocycles. The predicted octanol–water partition coefficient (Wildman–Crippen LogP) is 1.29. The van der Waals surface area contributed by atoms with Crippen LogP contribution < -0.4 is 5.32 Å². The number of nitrogens with zero attached hydrogens (tertiary/aromatic N) is 2. The molecule has 0 unspecified atom stereocenters. The highest BCUT2D eigenvalue weighted by Crippen LogP contribution is 2.17. The van der Waals surface area contributed by atoms with Gasteiger partial charge in [-0.3, -0.25) is 4.79 Å². The number of carbonyl (C=O) groups is 1. The summed E-state index contributed by atoms with van der Waals surface area (Å²) in [6.45, 7) is 5.88. The molecular weight excluding hydrogens is 282 g/mol. The fourth-order valence-electron chi connectivity index (χ4n) is 3.27. The standard InChI is InChI=1S/C16H25N3O3/c1-12-9-15(22-18-12)10-16(20)17-13-4-6-19(7-5-13)11-14-3-2-8-21-14/h9,13-14H,2-8,10-11H2,1H3,(H,17,20)/t14-/m1/s1. The van der Waals surface area contributed by atoms with Crippen molar-refractivity contribution in [1.82, 2.24) is 15.4 Å². The van der Waals surface area contributed by atoms with E-state index in [-0.39, 0.29) is 18.4 Å². The number of aryl methyl sites for hydroxylation is 1. The van der Waals surface area contributed by atoms with E-state index in [1.54, 1.807) is 0 Å². The van der Waals surface area contributed by atoms with Gasteiger partial charge in [0, 0.05) is 38.3 Å². The average molecular weight is 307 g/mol. The number of aromatic nitrogens is 1. The van der Waals surface area contributed by atoms with Crippen LogP contribution in [0.25, 0.3) is 0 Å². The monoisotopic (exact) mass is 307 g/mol. The lowest BCUT2D eigenvalue weighted by molar-refractivity contribution is -0.121. The smallest absolute Gasteiger partial charge is 0.227 e. The van der Waals surface area contributed by atoms with Crippen molar-refractivity contribution in [3.8, 4) is 0 Å². The van der Waals surface area contributed by atoms with Crippen LogP contribution in [0, 0.1) is 6.92 Å². The maximum Gasteiger partial charge on any atom is 0.227 e. The molecule has 0 bridgehead atoms. The van der Waals surface area contributed by atoms with Crippen LogP contribution in [-0.2, 0) is 16.0 Å². The second kappa shape index (κ2) is 7.24. The molecule has 0 radical (unpaired) electrons. The van der Waals surface area contributed by atoms with Crippen molar-refractivity contribution in [1.29, 1.82) is 0 Å². The van der Waals surface area contributed by atoms with Crippen molar-refractivity contribution in [3.63, 3.8) is 0 Å². The van der Waals surface area contributed by atoms with Crippen LogP contribution in [0.4, 0.5) is 0 Å². The molecule has 6 heteroatoms. The van der Waals surface area contributed by atoms with Gasteiger partial charge in [0.1, 0.15) is 5.76 Å². The largest absolute Gasteiger partial charge is 0.377 e. The SMILES string of the molecule is Cc1cc(CC(=O)NC2CCN(C[C@H]3CCCO3)CC2)on1. The van der Waals surface area contributed by atoms with Gasteiger partial charge in [0.05, 0.1) is 18.2 Å². The summed E-state index contributed by atoms with van der Waals surface area (Å²) in [5.74, 6) is 0.652. The Morgan fingerprint density at radius 2 is 2.23 bits per heavy atom. The number of rotatable bonds is 5. The van der Waals surface area contributed by atoms with E-state index in [0.29, 0.717) is 11.9 Å². The Hall–Kier alpha value is -1.40. The number of likely N-dealkylation sites (tertiary alicyclic amines) is 1. The second-order valence-electron chi connectivity index (χ2n) is 6.39. The van der Waals surface area contributed by atoms with Gasteiger partial charge in [-0.25, -0.2) is 0 Å². The van der Waals surface area contributed by atoms with E-state index in [2.05, 4.69) is 15.4 Å². The number of hydrogen-bond acceptors (Lipinski definition) is 5. The van der Waals surface area contributed by atoms with Gasteiger partial charge in [0.2, 0.25) is 5.91 Å². The molecule has 1 amide bonds. The zero-order chi connectivity index (χ0) is 15.4. The first kappa shape index (κ1) is 15.5. The lowest BCUT2D eigenvalue weighted by Crippen LogP contribution is -2.46. The topological polar surface area (TPSA) is 67.6 Å². The first-order valence-corrected chi connectivity index (χ1v) is 8.24. The summed E-state index contributed by atoms with van der Waals surface area (Å²) >= 11 is 0. The molecule has 1 aromatic rings. The molecule has 122 valence electrons. The molecule has 2 aliphatic rings. The summed E-state index contributed by atoms with van der Waals surface area (Å²) in [7, 11) is 0. The van der Waals surface area contributed by atoms with Crippen LogP contribution in [0.15, 0.2) is 10.6 Å². The Labute approximate surface area is 131 Å². The minimum Gasteiger partial charge on any atom is -0.377 e. The molecule has 0 aliphatic carbocycles. The fraction of sp³-hybridized carbons (Fsp3) is 0.750. The molecule has 1 aromatic heterocycles. The van der Waals surface area contributed by atoms with Gasteiger partial charge >= 0.3 is 0 Å². The van der Waals surface area contributed by atoms with Gasteiger partial charge in [-0.2, -0.15) is 0 Å². The third-order valence-electron chi connectivity index (χ3n) is 4.45. The molecule has 1 atom stereocenters. The first-order valence-electron chi connectivity index (χ1n) is 8.24. The molecule has 0 spiro atoms. The van der Waals surface area contributed by atoms with Crippen molar-refractivity contribution < 1.29 is 14.1 Å². The Bertz CT molecular complexity index is 489. The number of amides is 1. The van der Waals surface area contributed by atoms with Crippen molar-refractivity contribution in [3.05, 3.63) is 17.5 Å². The Kier molecular flexibility index (Phi) is 5.10. The second-order valence-corrected chi connectivity index (χ2v) is 6.39. The number of carbonyl (C=O) groups excluding carboxylic acids is 1. The highest BCUT2D eigenvalue weighted by atomic mass is 16.5. The molecule has 0 saturated carbocycles. The quantitative estimate of drug-likeness (QED) is 0.888. The van der Waals surface area contributed by atoms with Crippen LogP contribution in [-0.4, -0.2) is 54.4 Å². The maximum absolute atomic E-state index is 12.0. The van der Waals surface area contributed by atoms with Crippen LogP contribution in [0.5, 0.6) is 0 Å². The van der Waals surface area contributed by atoms with Crippen molar-refractivity contribution in [2.24, 2.45) is 0 Å². The van der Waals surface area contributed by atoms with Gasteiger partial charge in [0.15, 0.2) is 0 Å². The Morgan fingerprint density at radius 1 is 1.41 bits per heavy atom. The zero-order valence-corrected chi connectivity index (χ0v) is 13.2. The summed E-state index contributed by atoms with van der Waals surface area (Å²) in [4.78, 5) is 14.5. The van der Waals surface area contributed by atoms with Gasteiger partial charge in [-0.1, -0.05) is 5.16 Å². The number of piperidine rings is 1. The number of ether oxygens (including phenoxy) is 1. The summed E-state index contributed by atoms with van der Waals surface area (Å²) in [6, 6.07) is 2.08. The van der Waals surface area contributed by atoms with E-state index >= 15 is 0 Å². The van der Waals surface area contributed by atoms with E-state index in [4.69, 9.17) is 9.26 Å². The average Bonchev–Trinajstić information content (AvgIpc) is 3.13. The van der Waals surface area contributed by atoms with E-state index in [0.717, 1.165) is 44.8 Å². The van der Waals surface area contributed by atoms with E-state index in [1.807, 2.05) is 13.0 Å². The van der Waals surface area contributed by atoms with Gasteiger partial charge in [-0.15, -0.1) is 0 Å². The highest BCUT2D eigenvalue weighted by Gasteiger charge is 2.24. The summed E-state index contributed by atoms with van der Waals surface area (Å²) in [5.41, 5.74) is 0.810. The van der Waals surface area contributed by atoms with E-state index in [1.165, 1.54) is 12.8 Å². The normalized spacial score (nSPS) is 23.8. The van der Waals surface area contributed by atoms with Crippen molar-refractivity contribution in [2.45, 2.75) is 51.2 Å². The van der Waals surface area contributed by atoms with Crippen LogP contribution in [0.1, 0.15) is 37.1 Å². The summed E-state index contributed by atoms with van der Waals surface area (Å²) in [5, 5.41) is 6.91. The maximum atomic E-state index is 12.0. The zero-order valence-electron chi connectivity index (χ0n) is 13.2. The van der Waals surface area contributed by atoms with Crippen LogP contribution in [0.3, 0.4) is 0 Å². The molecule has 6 nitrogen and oxygen atoms in total. The van der Waals surface area contributed by atoms with E-state index < -0.39 is 0 Å². The summed E-state index contributed by atoms with van der Waals surface area (Å²) in [6.07, 6.45) is 5.09. The van der Waals surface area contributed by atoms with Crippen molar-refractivity contribution in [2.75, 3.05) is 26.2 Å². The molecule has 3 rings (SSSR count). The highest BCUT2D eigenvalue weighted by molar-refractivity contribution is 5.78. The Balaban J connectivity index is 1.37. The summed E-state index contributed by atoms with van der Waals surface area (Å²) < 4.78 is 10.8. The number of hydrogen-bond donors (Lipinski definition) is 1. The van der Waals surface area contributed by atoms with Crippen molar-refractivity contribution >= 4 is 5.91 Å². The third kappa shape index (κ3) is 4.30. The van der Waals surface area contributed by atoms with Gasteiger partial charge in [-0.05, 0) is 32.6 Å². The number of nitrogens with one attached hydrogen (secondary N) is 1. The fourth-order valence-corrected chi connectivity index (χ4v) is 3.27. The molecule has 1 N–H and O–H groups in total. The lowest BCUT2D eigenvalue weighted by atomic mass is 10.0. The van der Waals surface area contributed by atoms with Crippen LogP contribution in [0.2, 0.25) is 0 Å². The molecule has 2 aliphatic heterocycles. The third-order valence-corrected chi connectivity index (χ3v) is 4.45. The molecule has 22 heavy (non-hydrogen) atoms. The minimum absolute atomic E-state index is 0.0220. The molecule has 0 aromatic carbocycles. The first-order chi connectivity index (χ1) is 10.7.